The molecule has 1 saturated heterocycles. The quantitative estimate of drug-likeness (QED) is 0.193. The van der Waals surface area contributed by atoms with Gasteiger partial charge in [-0.05, 0) is 31.2 Å². The molecular formula is C26H22FN5O8. The van der Waals surface area contributed by atoms with Crippen LogP contribution < -0.4 is 0 Å². The Morgan fingerprint density at radius 1 is 1.07 bits per heavy atom. The number of aliphatic hydroxyl groups excluding tert-OH is 3. The number of imidazole rings is 1. The Hall–Kier alpha value is -4.63. The number of ketones is 1. The average Bonchev–Trinajstić information content (AvgIpc) is 3.70. The third-order valence-corrected chi connectivity index (χ3v) is 6.78. The van der Waals surface area contributed by atoms with E-state index in [-0.39, 0.29) is 34.0 Å². The molecule has 6 rings (SSSR count). The zero-order chi connectivity index (χ0) is 28.3. The van der Waals surface area contributed by atoms with Crippen molar-refractivity contribution in [3.63, 3.8) is 0 Å². The Kier molecular flexibility index (Phi) is 6.11. The Balaban J connectivity index is 1.59. The Labute approximate surface area is 224 Å². The van der Waals surface area contributed by atoms with Gasteiger partial charge in [0.2, 0.25) is 11.7 Å². The normalized spacial score (nSPS) is 20.9. The number of aromatic hydroxyl groups is 2. The summed E-state index contributed by atoms with van der Waals surface area (Å²) in [4.78, 5) is 26.2. The van der Waals surface area contributed by atoms with E-state index < -0.39 is 59.9 Å². The highest BCUT2D eigenvalue weighted by Crippen LogP contribution is 2.45. The third-order valence-electron chi connectivity index (χ3n) is 6.78. The highest BCUT2D eigenvalue weighted by Gasteiger charge is 2.44. The fraction of sp³-hybridized carbons (Fsp3) is 0.231. The van der Waals surface area contributed by atoms with Crippen LogP contribution in [0.15, 0.2) is 53.5 Å². The summed E-state index contributed by atoms with van der Waals surface area (Å²) in [6.07, 6.45) is -2.73. The average molecular weight is 551 g/mol. The van der Waals surface area contributed by atoms with Gasteiger partial charge in [0, 0.05) is 5.56 Å². The van der Waals surface area contributed by atoms with E-state index in [1.807, 2.05) is 0 Å². The minimum Gasteiger partial charge on any atom is -0.503 e. The van der Waals surface area contributed by atoms with Crippen LogP contribution in [-0.4, -0.2) is 80.3 Å². The number of hydrogen-bond acceptors (Lipinski definition) is 11. The van der Waals surface area contributed by atoms with Gasteiger partial charge in [0.05, 0.1) is 24.2 Å². The van der Waals surface area contributed by atoms with Gasteiger partial charge < -0.3 is 34.7 Å². The van der Waals surface area contributed by atoms with Crippen LogP contribution in [0.1, 0.15) is 28.1 Å². The molecule has 4 unspecified atom stereocenters. The maximum Gasteiger partial charge on any atom is 0.241 e. The molecule has 206 valence electrons. The van der Waals surface area contributed by atoms with Crippen molar-refractivity contribution >= 4 is 16.9 Å². The van der Waals surface area contributed by atoms with Crippen LogP contribution in [0.4, 0.5) is 4.39 Å². The summed E-state index contributed by atoms with van der Waals surface area (Å²) in [5.74, 6) is -3.11. The molecule has 14 heteroatoms. The molecule has 0 bridgehead atoms. The molecule has 1 aliphatic heterocycles. The van der Waals surface area contributed by atoms with Gasteiger partial charge in [-0.3, -0.25) is 13.9 Å². The predicted molar refractivity (Wildman–Crippen MR) is 133 cm³/mol. The maximum absolute atomic E-state index is 15.2. The number of carbonyl (C=O) groups excluding carboxylic acids is 1. The number of ether oxygens (including phenoxy) is 1. The van der Waals surface area contributed by atoms with E-state index in [2.05, 4.69) is 15.0 Å². The molecule has 5 N–H and O–H groups in total. The molecule has 0 aliphatic carbocycles. The van der Waals surface area contributed by atoms with E-state index in [0.717, 1.165) is 17.0 Å². The predicted octanol–water partition coefficient (Wildman–Crippen LogP) is 1.58. The van der Waals surface area contributed by atoms with Gasteiger partial charge in [0.15, 0.2) is 34.7 Å². The fourth-order valence-corrected chi connectivity index (χ4v) is 4.86. The summed E-state index contributed by atoms with van der Waals surface area (Å²) in [5.41, 5.74) is -0.724. The largest absolute Gasteiger partial charge is 0.503 e. The second kappa shape index (κ2) is 9.53. The second-order valence-corrected chi connectivity index (χ2v) is 9.20. The van der Waals surface area contributed by atoms with Gasteiger partial charge in [0.25, 0.3) is 0 Å². The van der Waals surface area contributed by atoms with Crippen LogP contribution in [0.3, 0.4) is 0 Å². The van der Waals surface area contributed by atoms with Crippen LogP contribution in [-0.2, 0) is 4.74 Å². The number of hydrogen-bond donors (Lipinski definition) is 5. The number of aromatic nitrogens is 5. The molecule has 1 aliphatic rings. The number of aryl methyl sites for hydroxylation is 1. The third kappa shape index (κ3) is 3.76. The van der Waals surface area contributed by atoms with Crippen LogP contribution in [0.2, 0.25) is 0 Å². The minimum atomic E-state index is -1.44. The molecule has 1 aromatic carbocycles. The molecule has 5 aromatic rings. The summed E-state index contributed by atoms with van der Waals surface area (Å²) in [5, 5.41) is 52.3. The monoisotopic (exact) mass is 551 g/mol. The number of benzene rings is 1. The number of rotatable bonds is 6. The number of fused-ring (bicyclic) bond motifs is 1. The van der Waals surface area contributed by atoms with Crippen LogP contribution in [0, 0.1) is 12.7 Å². The molecule has 1 fully saturated rings. The van der Waals surface area contributed by atoms with E-state index in [1.54, 1.807) is 13.0 Å². The van der Waals surface area contributed by atoms with Crippen molar-refractivity contribution in [2.45, 2.75) is 31.5 Å². The summed E-state index contributed by atoms with van der Waals surface area (Å²) in [6, 6.07) is 8.40. The van der Waals surface area contributed by atoms with Crippen molar-refractivity contribution in [2.24, 2.45) is 0 Å². The fourth-order valence-electron chi connectivity index (χ4n) is 4.86. The van der Waals surface area contributed by atoms with Gasteiger partial charge >= 0.3 is 0 Å². The lowest BCUT2D eigenvalue weighted by Gasteiger charge is -2.16. The highest BCUT2D eigenvalue weighted by atomic mass is 19.1. The van der Waals surface area contributed by atoms with E-state index in [0.29, 0.717) is 5.76 Å². The van der Waals surface area contributed by atoms with E-state index in [1.165, 1.54) is 35.2 Å². The van der Waals surface area contributed by atoms with E-state index >= 15 is 4.39 Å². The maximum atomic E-state index is 15.2. The molecule has 0 amide bonds. The van der Waals surface area contributed by atoms with Crippen molar-refractivity contribution < 1.29 is 43.9 Å². The van der Waals surface area contributed by atoms with Crippen molar-refractivity contribution in [1.82, 2.24) is 24.1 Å². The minimum absolute atomic E-state index is 0.0102. The summed E-state index contributed by atoms with van der Waals surface area (Å²) in [7, 11) is 0. The summed E-state index contributed by atoms with van der Waals surface area (Å²) < 4.78 is 28.5. The topological polar surface area (TPSA) is 189 Å². The zero-order valence-corrected chi connectivity index (χ0v) is 20.7. The Morgan fingerprint density at radius 3 is 2.52 bits per heavy atom. The van der Waals surface area contributed by atoms with Crippen molar-refractivity contribution in [3.8, 4) is 28.7 Å². The highest BCUT2D eigenvalue weighted by molar-refractivity contribution is 6.14. The molecule has 0 spiro atoms. The first kappa shape index (κ1) is 25.6. The van der Waals surface area contributed by atoms with Crippen molar-refractivity contribution in [3.05, 3.63) is 72.0 Å². The van der Waals surface area contributed by atoms with Crippen LogP contribution in [0.5, 0.6) is 11.6 Å². The standard InChI is InChI=1S/C26H22FN5O8/c1-11-6-7-14(39-11)19(34)16-18(12-4-2-3-5-13(12)27)32(25(38)21(16)36)24-17-23(28-9-29-24)31(10-30-17)26-22(37)20(35)15(8-33)40-26/h2-7,9-10,15,20,22,26,33,35-38H,8H2,1H3. The van der Waals surface area contributed by atoms with Crippen molar-refractivity contribution in [1.29, 1.82) is 0 Å². The van der Waals surface area contributed by atoms with Crippen molar-refractivity contribution in [2.75, 3.05) is 6.61 Å². The molecule has 0 saturated carbocycles. The van der Waals surface area contributed by atoms with Gasteiger partial charge in [-0.2, -0.15) is 0 Å². The van der Waals surface area contributed by atoms with Crippen LogP contribution in [0.25, 0.3) is 28.2 Å². The molecule has 4 aromatic heterocycles. The number of halogens is 1. The molecule has 40 heavy (non-hydrogen) atoms. The summed E-state index contributed by atoms with van der Waals surface area (Å²) >= 11 is 0. The van der Waals surface area contributed by atoms with Gasteiger partial charge in [-0.15, -0.1) is 0 Å². The molecule has 13 nitrogen and oxygen atoms in total. The first-order valence-corrected chi connectivity index (χ1v) is 12.1. The molecule has 4 atom stereocenters. The first-order chi connectivity index (χ1) is 19.2. The van der Waals surface area contributed by atoms with Gasteiger partial charge in [-0.25, -0.2) is 19.3 Å². The SMILES string of the molecule is Cc1ccc(C(=O)c2c(O)c(O)n(-c3ncnc4c3ncn4C3OC(CO)C(O)C3O)c2-c2ccccc2F)o1. The zero-order valence-electron chi connectivity index (χ0n) is 20.7. The van der Waals surface area contributed by atoms with E-state index in [9.17, 15) is 30.3 Å². The van der Waals surface area contributed by atoms with E-state index in [4.69, 9.17) is 9.15 Å². The Bertz CT molecular complexity index is 1760. The lowest BCUT2D eigenvalue weighted by Crippen LogP contribution is -2.33. The number of furan rings is 1. The molecule has 0 radical (unpaired) electrons. The van der Waals surface area contributed by atoms with Gasteiger partial charge in [0.1, 0.15) is 36.2 Å². The molecule has 5 heterocycles. The van der Waals surface area contributed by atoms with Gasteiger partial charge in [-0.1, -0.05) is 12.1 Å². The number of aliphatic hydroxyl groups is 3. The van der Waals surface area contributed by atoms with Crippen LogP contribution >= 0.6 is 0 Å². The lowest BCUT2D eigenvalue weighted by molar-refractivity contribution is -0.0511. The Morgan fingerprint density at radius 2 is 1.85 bits per heavy atom. The second-order valence-electron chi connectivity index (χ2n) is 9.20. The summed E-state index contributed by atoms with van der Waals surface area (Å²) in [6.45, 7) is 1.08. The number of carbonyl (C=O) groups is 1. The first-order valence-electron chi connectivity index (χ1n) is 12.1. The number of nitrogens with zero attached hydrogens (tertiary/aromatic N) is 5. The smallest absolute Gasteiger partial charge is 0.241 e. The molecular weight excluding hydrogens is 529 g/mol. The lowest BCUT2D eigenvalue weighted by atomic mass is 10.0.